The van der Waals surface area contributed by atoms with Gasteiger partial charge in [0.15, 0.2) is 0 Å². The van der Waals surface area contributed by atoms with Gasteiger partial charge < -0.3 is 0 Å². The first-order chi connectivity index (χ1) is 9.15. The Hall–Kier alpha value is -1.67. The molecular weight excluding hydrogens is 258 g/mol. The van der Waals surface area contributed by atoms with Crippen LogP contribution in [-0.2, 0) is 17.6 Å². The molecule has 0 radical (unpaired) electrons. The van der Waals surface area contributed by atoms with Crippen LogP contribution < -0.4 is 0 Å². The number of nitrogens with zero attached hydrogens (tertiary/aromatic N) is 1. The average molecular weight is 274 g/mol. The van der Waals surface area contributed by atoms with E-state index in [4.69, 9.17) is 11.6 Å². The van der Waals surface area contributed by atoms with Gasteiger partial charge in [-0.05, 0) is 30.5 Å². The summed E-state index contributed by atoms with van der Waals surface area (Å²) in [7, 11) is 0. The highest BCUT2D eigenvalue weighted by Crippen LogP contribution is 2.15. The number of halogens is 1. The number of Topliss-reactive ketones (excluding diaryl/α,β-unsaturated/α-hetero) is 1. The molecule has 1 aromatic carbocycles. The van der Waals surface area contributed by atoms with Crippen molar-refractivity contribution in [1.29, 1.82) is 0 Å². The zero-order valence-electron chi connectivity index (χ0n) is 10.9. The van der Waals surface area contributed by atoms with Crippen molar-refractivity contribution in [2.75, 3.05) is 0 Å². The molecule has 1 heterocycles. The third-order valence-corrected chi connectivity index (χ3v) is 3.40. The minimum atomic E-state index is 0.202. The topological polar surface area (TPSA) is 30.0 Å². The first-order valence-corrected chi connectivity index (χ1v) is 6.68. The van der Waals surface area contributed by atoms with Crippen LogP contribution in [0.1, 0.15) is 23.1 Å². The molecule has 0 aliphatic rings. The number of benzene rings is 1. The molecule has 3 heteroatoms. The molecule has 0 aliphatic carbocycles. The summed E-state index contributed by atoms with van der Waals surface area (Å²) >= 11 is 5.99. The molecular formula is C16H16ClNO. The van der Waals surface area contributed by atoms with E-state index in [0.717, 1.165) is 12.0 Å². The summed E-state index contributed by atoms with van der Waals surface area (Å²) in [6.45, 7) is 2.06. The fraction of sp³-hybridized carbons (Fsp3) is 0.250. The molecule has 0 aliphatic heterocycles. The molecule has 1 aromatic heterocycles. The van der Waals surface area contributed by atoms with Crippen LogP contribution in [0.3, 0.4) is 0 Å². The number of carbonyl (C=O) groups is 1. The summed E-state index contributed by atoms with van der Waals surface area (Å²) in [5.41, 5.74) is 3.28. The number of rotatable bonds is 5. The first-order valence-electron chi connectivity index (χ1n) is 6.31. The monoisotopic (exact) mass is 273 g/mol. The number of ketones is 1. The Morgan fingerprint density at radius 2 is 1.95 bits per heavy atom. The van der Waals surface area contributed by atoms with E-state index in [-0.39, 0.29) is 5.78 Å². The van der Waals surface area contributed by atoms with Gasteiger partial charge in [-0.3, -0.25) is 9.78 Å². The Balaban J connectivity index is 1.88. The third-order valence-electron chi connectivity index (χ3n) is 3.06. The summed E-state index contributed by atoms with van der Waals surface area (Å²) in [5.74, 6) is 0.202. The summed E-state index contributed by atoms with van der Waals surface area (Å²) in [5, 5.41) is 0.561. The van der Waals surface area contributed by atoms with Gasteiger partial charge in [0.1, 0.15) is 5.78 Å². The van der Waals surface area contributed by atoms with Gasteiger partial charge in [-0.25, -0.2) is 0 Å². The van der Waals surface area contributed by atoms with Gasteiger partial charge >= 0.3 is 0 Å². The number of hydrogen-bond acceptors (Lipinski definition) is 2. The van der Waals surface area contributed by atoms with Gasteiger partial charge in [0, 0.05) is 25.2 Å². The second-order valence-electron chi connectivity index (χ2n) is 4.67. The van der Waals surface area contributed by atoms with Gasteiger partial charge in [-0.1, -0.05) is 41.4 Å². The molecule has 2 rings (SSSR count). The van der Waals surface area contributed by atoms with Crippen LogP contribution >= 0.6 is 11.6 Å². The fourth-order valence-corrected chi connectivity index (χ4v) is 2.07. The van der Waals surface area contributed by atoms with Crippen molar-refractivity contribution < 1.29 is 4.79 Å². The minimum absolute atomic E-state index is 0.202. The standard InChI is InChI=1S/C16H16ClNO/c1-12-2-4-13(5-3-12)6-7-15(19)10-14-8-9-18-11-16(14)17/h2-5,8-9,11H,6-7,10H2,1H3. The number of carbonyl (C=O) groups excluding carboxylic acids is 1. The van der Waals surface area contributed by atoms with E-state index in [2.05, 4.69) is 36.2 Å². The van der Waals surface area contributed by atoms with Crippen molar-refractivity contribution in [1.82, 2.24) is 4.98 Å². The number of pyridine rings is 1. The van der Waals surface area contributed by atoms with E-state index in [1.165, 1.54) is 11.1 Å². The van der Waals surface area contributed by atoms with Crippen molar-refractivity contribution in [2.45, 2.75) is 26.2 Å². The second-order valence-corrected chi connectivity index (χ2v) is 5.08. The summed E-state index contributed by atoms with van der Waals surface area (Å²) in [4.78, 5) is 15.8. The van der Waals surface area contributed by atoms with Crippen molar-refractivity contribution in [2.24, 2.45) is 0 Å². The summed E-state index contributed by atoms with van der Waals surface area (Å²) < 4.78 is 0. The van der Waals surface area contributed by atoms with Crippen molar-refractivity contribution >= 4 is 17.4 Å². The number of hydrogen-bond donors (Lipinski definition) is 0. The molecule has 0 fully saturated rings. The molecule has 98 valence electrons. The molecule has 0 saturated carbocycles. The van der Waals surface area contributed by atoms with E-state index < -0.39 is 0 Å². The van der Waals surface area contributed by atoms with Crippen LogP contribution in [0.25, 0.3) is 0 Å². The summed E-state index contributed by atoms with van der Waals surface area (Å²) in [6.07, 6.45) is 4.94. The van der Waals surface area contributed by atoms with E-state index in [0.29, 0.717) is 17.9 Å². The van der Waals surface area contributed by atoms with Crippen LogP contribution in [0.5, 0.6) is 0 Å². The smallest absolute Gasteiger partial charge is 0.137 e. The lowest BCUT2D eigenvalue weighted by molar-refractivity contribution is -0.118. The maximum absolute atomic E-state index is 11.9. The largest absolute Gasteiger partial charge is 0.299 e. The average Bonchev–Trinajstić information content (AvgIpc) is 2.41. The molecule has 2 nitrogen and oxygen atoms in total. The second kappa shape index (κ2) is 6.48. The van der Waals surface area contributed by atoms with Crippen molar-refractivity contribution in [3.63, 3.8) is 0 Å². The lowest BCUT2D eigenvalue weighted by atomic mass is 10.0. The molecule has 0 N–H and O–H groups in total. The van der Waals surface area contributed by atoms with Crippen LogP contribution in [0.2, 0.25) is 5.02 Å². The molecule has 0 spiro atoms. The fourth-order valence-electron chi connectivity index (χ4n) is 1.89. The number of aromatic nitrogens is 1. The zero-order chi connectivity index (χ0) is 13.7. The lowest BCUT2D eigenvalue weighted by Crippen LogP contribution is -2.05. The molecule has 0 atom stereocenters. The molecule has 0 amide bonds. The van der Waals surface area contributed by atoms with E-state index in [1.54, 1.807) is 18.5 Å². The molecule has 0 saturated heterocycles. The van der Waals surface area contributed by atoms with Crippen molar-refractivity contribution in [3.05, 3.63) is 64.4 Å². The van der Waals surface area contributed by atoms with Gasteiger partial charge in [0.2, 0.25) is 0 Å². The van der Waals surface area contributed by atoms with Gasteiger partial charge in [0.25, 0.3) is 0 Å². The molecule has 19 heavy (non-hydrogen) atoms. The number of aryl methyl sites for hydroxylation is 2. The normalized spacial score (nSPS) is 10.4. The summed E-state index contributed by atoms with van der Waals surface area (Å²) in [6, 6.07) is 10.1. The third kappa shape index (κ3) is 4.18. The highest BCUT2D eigenvalue weighted by atomic mass is 35.5. The minimum Gasteiger partial charge on any atom is -0.299 e. The Morgan fingerprint density at radius 1 is 1.21 bits per heavy atom. The van der Waals surface area contributed by atoms with E-state index in [1.807, 2.05) is 0 Å². The Bertz CT molecular complexity index is 563. The van der Waals surface area contributed by atoms with Crippen LogP contribution in [0.4, 0.5) is 0 Å². The SMILES string of the molecule is Cc1ccc(CCC(=O)Cc2ccncc2Cl)cc1. The zero-order valence-corrected chi connectivity index (χ0v) is 11.7. The predicted molar refractivity (Wildman–Crippen MR) is 77.5 cm³/mol. The first kappa shape index (κ1) is 13.8. The maximum Gasteiger partial charge on any atom is 0.137 e. The Morgan fingerprint density at radius 3 is 2.63 bits per heavy atom. The van der Waals surface area contributed by atoms with E-state index >= 15 is 0 Å². The maximum atomic E-state index is 11.9. The highest BCUT2D eigenvalue weighted by molar-refractivity contribution is 6.31. The van der Waals surface area contributed by atoms with Gasteiger partial charge in [-0.2, -0.15) is 0 Å². The van der Waals surface area contributed by atoms with Crippen LogP contribution in [-0.4, -0.2) is 10.8 Å². The quantitative estimate of drug-likeness (QED) is 0.830. The molecule has 2 aromatic rings. The van der Waals surface area contributed by atoms with E-state index in [9.17, 15) is 4.79 Å². The predicted octanol–water partition coefficient (Wildman–Crippen LogP) is 3.79. The lowest BCUT2D eigenvalue weighted by Gasteiger charge is -2.04. The Kier molecular flexibility index (Phi) is 4.69. The van der Waals surface area contributed by atoms with Crippen LogP contribution in [0, 0.1) is 6.92 Å². The van der Waals surface area contributed by atoms with Gasteiger partial charge in [0.05, 0.1) is 5.02 Å². The van der Waals surface area contributed by atoms with Gasteiger partial charge in [-0.15, -0.1) is 0 Å². The van der Waals surface area contributed by atoms with Crippen LogP contribution in [0.15, 0.2) is 42.7 Å². The van der Waals surface area contributed by atoms with Crippen molar-refractivity contribution in [3.8, 4) is 0 Å². The molecule has 0 bridgehead atoms. The Labute approximate surface area is 118 Å². The molecule has 0 unspecified atom stereocenters. The highest BCUT2D eigenvalue weighted by Gasteiger charge is 2.07.